The van der Waals surface area contributed by atoms with Gasteiger partial charge in [0.1, 0.15) is 5.75 Å². The molecule has 4 aliphatic rings. The van der Waals surface area contributed by atoms with Crippen LogP contribution in [-0.4, -0.2) is 24.4 Å². The molecule has 0 heterocycles. The van der Waals surface area contributed by atoms with Crippen LogP contribution in [0, 0.1) is 52.3 Å². The van der Waals surface area contributed by atoms with Gasteiger partial charge in [-0.15, -0.1) is 0 Å². The normalized spacial score (nSPS) is 35.0. The van der Waals surface area contributed by atoms with Crippen LogP contribution in [0.4, 0.5) is 0 Å². The summed E-state index contributed by atoms with van der Waals surface area (Å²) in [6, 6.07) is 4.27. The topological polar surface area (TPSA) is 38.7 Å². The molecule has 268 valence electrons. The fourth-order valence-corrected chi connectivity index (χ4v) is 11.8. The Kier molecular flexibility index (Phi) is 11.3. The predicted octanol–water partition coefficient (Wildman–Crippen LogP) is 12.0. The highest BCUT2D eigenvalue weighted by Gasteiger charge is 2.60. The largest absolute Gasteiger partial charge is 0.507 e. The molecule has 4 fully saturated rings. The fraction of sp³-hybridized carbons (Fsp3) is 0.864. The average Bonchev–Trinajstić information content (AvgIpc) is 3.33. The minimum absolute atomic E-state index is 0.125. The van der Waals surface area contributed by atoms with Gasteiger partial charge in [0, 0.05) is 0 Å². The second-order valence-corrected chi connectivity index (χ2v) is 20.0. The highest BCUT2D eigenvalue weighted by atomic mass is 16.5. The molecule has 0 amide bonds. The second kappa shape index (κ2) is 14.3. The van der Waals surface area contributed by atoms with Crippen molar-refractivity contribution in [1.29, 1.82) is 0 Å². The van der Waals surface area contributed by atoms with Gasteiger partial charge in [-0.25, -0.2) is 0 Å². The van der Waals surface area contributed by atoms with Crippen molar-refractivity contribution in [2.75, 3.05) is 13.2 Å². The Morgan fingerprint density at radius 2 is 1.43 bits per heavy atom. The standard InChI is InChI=1S/C44H74O3/c1-29(2)13-12-14-30(3)35-17-18-36-34-16-15-32-27-33(19-21-43(32,10)37(34)20-22-44(35,36)11)47-24-23-46-28-31-25-38(41(4,5)6)40(45)39(26-31)42(7,8)9/h25-26,29-30,32-37,45H,12-24,27-28H2,1-11H3/t30-,32?,33+,34+,35-,36+,37+,43+,44-/m1/s1. The minimum atomic E-state index is -0.125. The molecule has 1 unspecified atom stereocenters. The molecule has 1 aromatic carbocycles. The van der Waals surface area contributed by atoms with Gasteiger partial charge in [0.15, 0.2) is 0 Å². The number of ether oxygens (including phenoxy) is 2. The summed E-state index contributed by atoms with van der Waals surface area (Å²) in [5.41, 5.74) is 3.99. The first-order valence-corrected chi connectivity index (χ1v) is 20.0. The van der Waals surface area contributed by atoms with E-state index < -0.39 is 0 Å². The fourth-order valence-electron chi connectivity index (χ4n) is 11.8. The first-order valence-electron chi connectivity index (χ1n) is 20.0. The van der Waals surface area contributed by atoms with Crippen LogP contribution in [-0.2, 0) is 26.9 Å². The zero-order valence-corrected chi connectivity index (χ0v) is 32.6. The van der Waals surface area contributed by atoms with Crippen molar-refractivity contribution in [3.63, 3.8) is 0 Å². The van der Waals surface area contributed by atoms with Crippen LogP contribution in [0.15, 0.2) is 12.1 Å². The summed E-state index contributed by atoms with van der Waals surface area (Å²) in [4.78, 5) is 0. The molecule has 0 spiro atoms. The maximum Gasteiger partial charge on any atom is 0.123 e. The lowest BCUT2D eigenvalue weighted by molar-refractivity contribution is -0.139. The molecule has 47 heavy (non-hydrogen) atoms. The average molecular weight is 651 g/mol. The molecule has 1 aromatic rings. The summed E-state index contributed by atoms with van der Waals surface area (Å²) >= 11 is 0. The Morgan fingerprint density at radius 3 is 2.06 bits per heavy atom. The molecule has 4 saturated carbocycles. The Balaban J connectivity index is 1.11. The van der Waals surface area contributed by atoms with Gasteiger partial charge in [0.2, 0.25) is 0 Å². The highest BCUT2D eigenvalue weighted by Crippen LogP contribution is 2.68. The third-order valence-corrected chi connectivity index (χ3v) is 14.5. The number of hydrogen-bond donors (Lipinski definition) is 1. The van der Waals surface area contributed by atoms with Gasteiger partial charge in [-0.3, -0.25) is 0 Å². The monoisotopic (exact) mass is 651 g/mol. The van der Waals surface area contributed by atoms with E-state index in [1.165, 1.54) is 77.0 Å². The Hall–Kier alpha value is -1.06. The van der Waals surface area contributed by atoms with Crippen LogP contribution in [0.1, 0.15) is 170 Å². The van der Waals surface area contributed by atoms with Gasteiger partial charge in [0.05, 0.1) is 25.9 Å². The van der Waals surface area contributed by atoms with E-state index in [0.717, 1.165) is 58.1 Å². The smallest absolute Gasteiger partial charge is 0.123 e. The van der Waals surface area contributed by atoms with E-state index in [2.05, 4.69) is 88.3 Å². The number of rotatable bonds is 11. The Bertz CT molecular complexity index is 1150. The van der Waals surface area contributed by atoms with Crippen LogP contribution < -0.4 is 0 Å². The van der Waals surface area contributed by atoms with E-state index in [1.54, 1.807) is 0 Å². The van der Waals surface area contributed by atoms with E-state index in [-0.39, 0.29) is 10.8 Å². The van der Waals surface area contributed by atoms with Crippen molar-refractivity contribution < 1.29 is 14.6 Å². The summed E-state index contributed by atoms with van der Waals surface area (Å²) in [5.74, 6) is 6.81. The minimum Gasteiger partial charge on any atom is -0.507 e. The van der Waals surface area contributed by atoms with Crippen molar-refractivity contribution in [3.8, 4) is 5.75 Å². The Labute approximate surface area is 290 Å². The lowest BCUT2D eigenvalue weighted by Crippen LogP contribution is -2.54. The zero-order chi connectivity index (χ0) is 34.4. The quantitative estimate of drug-likeness (QED) is 0.242. The molecule has 5 rings (SSSR count). The zero-order valence-electron chi connectivity index (χ0n) is 32.6. The molecule has 0 bridgehead atoms. The molecule has 4 aliphatic carbocycles. The third-order valence-electron chi connectivity index (χ3n) is 14.5. The van der Waals surface area contributed by atoms with E-state index >= 15 is 0 Å². The number of phenolic OH excluding ortho intramolecular Hbond substituents is 1. The number of aromatic hydroxyl groups is 1. The molecule has 0 saturated heterocycles. The Morgan fingerprint density at radius 1 is 0.787 bits per heavy atom. The SMILES string of the molecule is CC(C)CCC[C@@H](C)[C@H]1CC[C@H]2[C@@H]3CCC4C[C@@H](OCCOCc5cc(C(C)(C)C)c(O)c(C(C)(C)C)c5)CC[C@]4(C)[C@H]3CC[C@]12C. The number of fused-ring (bicyclic) bond motifs is 5. The van der Waals surface area contributed by atoms with Gasteiger partial charge >= 0.3 is 0 Å². The van der Waals surface area contributed by atoms with Gasteiger partial charge in [-0.1, -0.05) is 95.4 Å². The number of hydrogen-bond acceptors (Lipinski definition) is 3. The summed E-state index contributed by atoms with van der Waals surface area (Å²) in [5, 5.41) is 11.1. The van der Waals surface area contributed by atoms with E-state index in [0.29, 0.717) is 42.5 Å². The van der Waals surface area contributed by atoms with Gasteiger partial charge < -0.3 is 14.6 Å². The molecule has 0 aliphatic heterocycles. The maximum absolute atomic E-state index is 11.1. The van der Waals surface area contributed by atoms with Crippen LogP contribution in [0.3, 0.4) is 0 Å². The second-order valence-electron chi connectivity index (χ2n) is 20.0. The highest BCUT2D eigenvalue weighted by molar-refractivity contribution is 5.49. The van der Waals surface area contributed by atoms with Crippen molar-refractivity contribution >= 4 is 0 Å². The first kappa shape index (κ1) is 37.2. The van der Waals surface area contributed by atoms with Gasteiger partial charge in [-0.2, -0.15) is 0 Å². The molecular formula is C44H74O3. The molecule has 1 N–H and O–H groups in total. The van der Waals surface area contributed by atoms with Crippen molar-refractivity contribution in [2.45, 2.75) is 177 Å². The van der Waals surface area contributed by atoms with E-state index in [1.807, 2.05) is 0 Å². The summed E-state index contributed by atoms with van der Waals surface area (Å²) in [6.45, 7) is 27.7. The van der Waals surface area contributed by atoms with Gasteiger partial charge in [0.25, 0.3) is 0 Å². The molecule has 0 radical (unpaired) electrons. The third kappa shape index (κ3) is 7.82. The lowest BCUT2D eigenvalue weighted by Gasteiger charge is -2.61. The van der Waals surface area contributed by atoms with Crippen LogP contribution in [0.25, 0.3) is 0 Å². The molecule has 3 heteroatoms. The van der Waals surface area contributed by atoms with Crippen LogP contribution in [0.5, 0.6) is 5.75 Å². The molecular weight excluding hydrogens is 576 g/mol. The van der Waals surface area contributed by atoms with Crippen molar-refractivity contribution in [2.24, 2.45) is 52.3 Å². The maximum atomic E-state index is 11.1. The van der Waals surface area contributed by atoms with Crippen molar-refractivity contribution in [1.82, 2.24) is 0 Å². The van der Waals surface area contributed by atoms with E-state index in [4.69, 9.17) is 9.47 Å². The van der Waals surface area contributed by atoms with Gasteiger partial charge in [-0.05, 0) is 150 Å². The number of benzene rings is 1. The van der Waals surface area contributed by atoms with Crippen LogP contribution in [0.2, 0.25) is 0 Å². The van der Waals surface area contributed by atoms with E-state index in [9.17, 15) is 5.11 Å². The molecule has 0 aromatic heterocycles. The molecule has 3 nitrogen and oxygen atoms in total. The summed E-state index contributed by atoms with van der Waals surface area (Å²) in [6.07, 6.45) is 17.3. The summed E-state index contributed by atoms with van der Waals surface area (Å²) in [7, 11) is 0. The van der Waals surface area contributed by atoms with Crippen molar-refractivity contribution in [3.05, 3.63) is 28.8 Å². The number of phenols is 1. The lowest BCUT2D eigenvalue weighted by atomic mass is 9.44. The molecule has 9 atom stereocenters. The van der Waals surface area contributed by atoms with Crippen LogP contribution >= 0.6 is 0 Å². The first-order chi connectivity index (χ1) is 21.9. The predicted molar refractivity (Wildman–Crippen MR) is 198 cm³/mol. The summed E-state index contributed by atoms with van der Waals surface area (Å²) < 4.78 is 12.7.